The first-order valence-electron chi connectivity index (χ1n) is 5.88. The van der Waals surface area contributed by atoms with Gasteiger partial charge < -0.3 is 0 Å². The van der Waals surface area contributed by atoms with Crippen LogP contribution in [0.1, 0.15) is 38.5 Å². The summed E-state index contributed by atoms with van der Waals surface area (Å²) in [5.74, 6) is 0. The third-order valence-electron chi connectivity index (χ3n) is 2.88. The van der Waals surface area contributed by atoms with Gasteiger partial charge in [-0.2, -0.15) is 0 Å². The Kier molecular flexibility index (Phi) is 3.89. The van der Waals surface area contributed by atoms with Crippen LogP contribution >= 0.6 is 0 Å². The van der Waals surface area contributed by atoms with E-state index >= 15 is 0 Å². The van der Waals surface area contributed by atoms with Crippen molar-refractivity contribution in [3.63, 3.8) is 0 Å². The maximum Gasteiger partial charge on any atom is 0.0804 e. The van der Waals surface area contributed by atoms with E-state index in [9.17, 15) is 0 Å². The Morgan fingerprint density at radius 1 is 1.20 bits per heavy atom. The Hall–Kier alpha value is -1.18. The van der Waals surface area contributed by atoms with Crippen molar-refractivity contribution in [2.75, 3.05) is 0 Å². The Bertz CT molecular complexity index is 304. The van der Waals surface area contributed by atoms with Gasteiger partial charge in [-0.25, -0.2) is 0 Å². The van der Waals surface area contributed by atoms with Crippen LogP contribution in [0.4, 0.5) is 0 Å². The molecule has 1 heterocycles. The second kappa shape index (κ2) is 5.64. The number of allylic oxidation sites excluding steroid dienone is 3. The minimum absolute atomic E-state index is 0.544. The first-order valence-corrected chi connectivity index (χ1v) is 5.88. The van der Waals surface area contributed by atoms with E-state index in [2.05, 4.69) is 22.1 Å². The molecule has 0 N–H and O–H groups in total. The van der Waals surface area contributed by atoms with E-state index in [1.165, 1.54) is 32.1 Å². The highest BCUT2D eigenvalue weighted by atomic mass is 14.8. The lowest BCUT2D eigenvalue weighted by Crippen LogP contribution is -2.10. The molecule has 0 aromatic rings. The molecule has 0 aromatic heterocycles. The summed E-state index contributed by atoms with van der Waals surface area (Å²) in [6, 6.07) is 0.544. The molecule has 2 nitrogen and oxygen atoms in total. The fourth-order valence-corrected chi connectivity index (χ4v) is 2.00. The van der Waals surface area contributed by atoms with Crippen LogP contribution < -0.4 is 0 Å². The van der Waals surface area contributed by atoms with Gasteiger partial charge in [0.05, 0.1) is 11.8 Å². The molecule has 2 rings (SSSR count). The van der Waals surface area contributed by atoms with Gasteiger partial charge in [0, 0.05) is 12.4 Å². The predicted molar refractivity (Wildman–Crippen MR) is 65.7 cm³/mol. The average Bonchev–Trinajstić information content (AvgIpc) is 2.56. The smallest absolute Gasteiger partial charge is 0.0804 e. The van der Waals surface area contributed by atoms with Crippen molar-refractivity contribution in [3.05, 3.63) is 24.4 Å². The lowest BCUT2D eigenvalue weighted by atomic mass is 9.96. The molecular weight excluding hydrogens is 184 g/mol. The largest absolute Gasteiger partial charge is 0.288 e. The molecule has 1 aliphatic heterocycles. The second-order valence-corrected chi connectivity index (χ2v) is 4.15. The van der Waals surface area contributed by atoms with E-state index in [0.717, 1.165) is 12.1 Å². The molecule has 15 heavy (non-hydrogen) atoms. The van der Waals surface area contributed by atoms with Gasteiger partial charge in [0.25, 0.3) is 0 Å². The second-order valence-electron chi connectivity index (χ2n) is 4.15. The van der Waals surface area contributed by atoms with E-state index in [0.29, 0.717) is 6.04 Å². The van der Waals surface area contributed by atoms with E-state index < -0.39 is 0 Å². The van der Waals surface area contributed by atoms with Crippen molar-refractivity contribution in [2.24, 2.45) is 9.98 Å². The van der Waals surface area contributed by atoms with Gasteiger partial charge in [-0.1, -0.05) is 31.4 Å². The van der Waals surface area contributed by atoms with Crippen LogP contribution in [-0.4, -0.2) is 18.0 Å². The first kappa shape index (κ1) is 10.3. The van der Waals surface area contributed by atoms with Gasteiger partial charge in [-0.15, -0.1) is 0 Å². The highest BCUT2D eigenvalue weighted by Crippen LogP contribution is 2.19. The highest BCUT2D eigenvalue weighted by Gasteiger charge is 2.10. The number of hydrogen-bond donors (Lipinski definition) is 0. The van der Waals surface area contributed by atoms with Crippen molar-refractivity contribution in [3.8, 4) is 0 Å². The van der Waals surface area contributed by atoms with Gasteiger partial charge in [0.1, 0.15) is 0 Å². The Balaban J connectivity index is 1.91. The third kappa shape index (κ3) is 3.46. The van der Waals surface area contributed by atoms with Crippen LogP contribution in [-0.2, 0) is 0 Å². The predicted octanol–water partition coefficient (Wildman–Crippen LogP) is 3.30. The Morgan fingerprint density at radius 2 is 2.07 bits per heavy atom. The lowest BCUT2D eigenvalue weighted by molar-refractivity contribution is 0.444. The molecule has 2 heteroatoms. The normalized spacial score (nSPS) is 23.1. The molecule has 1 fully saturated rings. The minimum atomic E-state index is 0.544. The van der Waals surface area contributed by atoms with Crippen LogP contribution in [0.3, 0.4) is 0 Å². The summed E-state index contributed by atoms with van der Waals surface area (Å²) in [6.07, 6.45) is 17.6. The highest BCUT2D eigenvalue weighted by molar-refractivity contribution is 6.36. The van der Waals surface area contributed by atoms with Crippen molar-refractivity contribution in [1.82, 2.24) is 0 Å². The zero-order valence-electron chi connectivity index (χ0n) is 9.10. The number of hydrogen-bond acceptors (Lipinski definition) is 2. The summed E-state index contributed by atoms with van der Waals surface area (Å²) in [5, 5.41) is 0. The molecule has 0 atom stereocenters. The molecular formula is C13H18N2. The molecule has 0 unspecified atom stereocenters. The zero-order chi connectivity index (χ0) is 10.3. The summed E-state index contributed by atoms with van der Waals surface area (Å²) in [7, 11) is 0. The first-order chi connectivity index (χ1) is 7.45. The number of aliphatic imine (C=N–C) groups is 2. The van der Waals surface area contributed by atoms with E-state index in [-0.39, 0.29) is 0 Å². The Morgan fingerprint density at radius 3 is 2.93 bits per heavy atom. The van der Waals surface area contributed by atoms with E-state index in [1.807, 2.05) is 18.5 Å². The van der Waals surface area contributed by atoms with Gasteiger partial charge >= 0.3 is 0 Å². The molecule has 0 radical (unpaired) electrons. The molecule has 0 saturated heterocycles. The molecule has 0 aromatic carbocycles. The van der Waals surface area contributed by atoms with Crippen LogP contribution in [0.25, 0.3) is 0 Å². The summed E-state index contributed by atoms with van der Waals surface area (Å²) >= 11 is 0. The minimum Gasteiger partial charge on any atom is -0.288 e. The summed E-state index contributed by atoms with van der Waals surface area (Å²) < 4.78 is 0. The molecule has 0 bridgehead atoms. The summed E-state index contributed by atoms with van der Waals surface area (Å²) in [6.45, 7) is 0. The molecule has 80 valence electrons. The summed E-state index contributed by atoms with van der Waals surface area (Å²) in [4.78, 5) is 8.92. The standard InChI is InChI=1S/C13H18N2/c1-3-7-12(8-4-1)15-11-13-9-5-2-6-10-14-13/h5-6,9-12H,1-4,7-8H2. The van der Waals surface area contributed by atoms with Gasteiger partial charge in [0.2, 0.25) is 0 Å². The van der Waals surface area contributed by atoms with Crippen molar-refractivity contribution < 1.29 is 0 Å². The Labute approximate surface area is 91.5 Å². The lowest BCUT2D eigenvalue weighted by Gasteiger charge is -2.16. The fraction of sp³-hybridized carbons (Fsp3) is 0.538. The SMILES string of the molecule is C1=CN=C(C=NC2CCCCC2)C=CC1. The average molecular weight is 202 g/mol. The molecule has 0 spiro atoms. The monoisotopic (exact) mass is 202 g/mol. The summed E-state index contributed by atoms with van der Waals surface area (Å²) in [5.41, 5.74) is 0.981. The van der Waals surface area contributed by atoms with Gasteiger partial charge in [0.15, 0.2) is 0 Å². The quantitative estimate of drug-likeness (QED) is 0.614. The van der Waals surface area contributed by atoms with Crippen molar-refractivity contribution in [2.45, 2.75) is 44.6 Å². The van der Waals surface area contributed by atoms with Crippen LogP contribution in [0.5, 0.6) is 0 Å². The van der Waals surface area contributed by atoms with E-state index in [1.54, 1.807) is 0 Å². The van der Waals surface area contributed by atoms with Crippen molar-refractivity contribution in [1.29, 1.82) is 0 Å². The van der Waals surface area contributed by atoms with Crippen molar-refractivity contribution >= 4 is 11.9 Å². The van der Waals surface area contributed by atoms with Crippen LogP contribution in [0.2, 0.25) is 0 Å². The van der Waals surface area contributed by atoms with Gasteiger partial charge in [-0.05, 0) is 25.3 Å². The number of rotatable bonds is 2. The zero-order valence-corrected chi connectivity index (χ0v) is 9.10. The maximum absolute atomic E-state index is 4.61. The van der Waals surface area contributed by atoms with Crippen LogP contribution in [0.15, 0.2) is 34.4 Å². The maximum atomic E-state index is 4.61. The molecule has 2 aliphatic rings. The molecule has 1 saturated carbocycles. The van der Waals surface area contributed by atoms with Gasteiger partial charge in [-0.3, -0.25) is 9.98 Å². The van der Waals surface area contributed by atoms with Crippen LogP contribution in [0, 0.1) is 0 Å². The van der Waals surface area contributed by atoms with E-state index in [4.69, 9.17) is 0 Å². The molecule has 1 aliphatic carbocycles. The fourth-order valence-electron chi connectivity index (χ4n) is 2.00. The topological polar surface area (TPSA) is 24.7 Å². The third-order valence-corrected chi connectivity index (χ3v) is 2.88. The number of nitrogens with zero attached hydrogens (tertiary/aromatic N) is 2. The molecule has 0 amide bonds.